The first-order chi connectivity index (χ1) is 21.6. The molecular weight excluding hydrogens is 629 g/mol. The number of carbonyl (C=O) groups excluding carboxylic acids is 1. The Hall–Kier alpha value is -1.06. The van der Waals surface area contributed by atoms with Crippen molar-refractivity contribution in [3.05, 3.63) is 57.3 Å². The van der Waals surface area contributed by atoms with Crippen LogP contribution in [0, 0.1) is 30.1 Å². The van der Waals surface area contributed by atoms with Crippen LogP contribution in [0.4, 0.5) is 0 Å². The van der Waals surface area contributed by atoms with Crippen LogP contribution in [0.15, 0.2) is 46.9 Å². The first kappa shape index (κ1) is 38.7. The summed E-state index contributed by atoms with van der Waals surface area (Å²) in [6.45, 7) is 35.2. The van der Waals surface area contributed by atoms with Crippen LogP contribution in [0.3, 0.4) is 0 Å². The van der Waals surface area contributed by atoms with Crippen LogP contribution in [0.1, 0.15) is 128 Å². The predicted molar refractivity (Wildman–Crippen MR) is 209 cm³/mol. The van der Waals surface area contributed by atoms with E-state index < -0.39 is 16.6 Å². The maximum absolute atomic E-state index is 12.9. The molecule has 3 aliphatic carbocycles. The average Bonchev–Trinajstić information content (AvgIpc) is 3.54. The summed E-state index contributed by atoms with van der Waals surface area (Å²) in [5.41, 5.74) is 5.64. The summed E-state index contributed by atoms with van der Waals surface area (Å²) in [6, 6.07) is 2.06. The molecule has 0 radical (unpaired) electrons. The topological polar surface area (TPSA) is 35.5 Å². The zero-order chi connectivity index (χ0) is 35.2. The summed E-state index contributed by atoms with van der Waals surface area (Å²) in [5, 5.41) is 2.41. The smallest absolute Gasteiger partial charge is 0.192 e. The molecule has 3 fully saturated rings. The summed E-state index contributed by atoms with van der Waals surface area (Å²) in [7, 11) is -3.93. The molecule has 0 saturated heterocycles. The third-order valence-corrected chi connectivity index (χ3v) is 23.4. The van der Waals surface area contributed by atoms with Crippen LogP contribution in [0.2, 0.25) is 36.3 Å². The summed E-state index contributed by atoms with van der Waals surface area (Å²) >= 11 is 1.60. The molecule has 0 unspecified atom stereocenters. The van der Waals surface area contributed by atoms with Crippen molar-refractivity contribution in [3.8, 4) is 0 Å². The van der Waals surface area contributed by atoms with Crippen LogP contribution in [0.25, 0.3) is 0 Å². The van der Waals surface area contributed by atoms with E-state index in [1.807, 2.05) is 0 Å². The predicted octanol–water partition coefficient (Wildman–Crippen LogP) is 12.9. The van der Waals surface area contributed by atoms with Crippen molar-refractivity contribution in [1.82, 2.24) is 0 Å². The Morgan fingerprint density at radius 2 is 1.70 bits per heavy atom. The molecule has 0 amide bonds. The van der Waals surface area contributed by atoms with Gasteiger partial charge in [0.05, 0.1) is 17.1 Å². The molecule has 1 aromatic rings. The van der Waals surface area contributed by atoms with Crippen molar-refractivity contribution >= 4 is 33.8 Å². The first-order valence-electron chi connectivity index (χ1n) is 18.6. The second-order valence-electron chi connectivity index (χ2n) is 18.8. The van der Waals surface area contributed by atoms with Crippen LogP contribution >= 0.6 is 11.3 Å². The third-order valence-electron chi connectivity index (χ3n) is 13.3. The van der Waals surface area contributed by atoms with Gasteiger partial charge in [0.25, 0.3) is 0 Å². The van der Waals surface area contributed by atoms with Crippen LogP contribution < -0.4 is 0 Å². The van der Waals surface area contributed by atoms with Crippen LogP contribution in [0.5, 0.6) is 0 Å². The molecule has 0 aliphatic heterocycles. The maximum atomic E-state index is 12.9. The molecule has 0 spiro atoms. The molecule has 1 heterocycles. The molecular formula is C41H68O3SSi2. The molecule has 0 N–H and O–H groups in total. The van der Waals surface area contributed by atoms with E-state index in [9.17, 15) is 4.79 Å². The number of hydrogen-bond acceptors (Lipinski definition) is 4. The average molecular weight is 697 g/mol. The lowest BCUT2D eigenvalue weighted by Gasteiger charge is -2.46. The Morgan fingerprint density at radius 3 is 2.30 bits per heavy atom. The van der Waals surface area contributed by atoms with Gasteiger partial charge in [-0.1, -0.05) is 79.7 Å². The molecule has 6 atom stereocenters. The molecule has 3 saturated carbocycles. The zero-order valence-electron chi connectivity index (χ0n) is 32.4. The molecule has 4 rings (SSSR count). The van der Waals surface area contributed by atoms with Crippen molar-refractivity contribution in [1.29, 1.82) is 0 Å². The second-order valence-corrected chi connectivity index (χ2v) is 29.2. The van der Waals surface area contributed by atoms with Crippen LogP contribution in [-0.4, -0.2) is 34.6 Å². The van der Waals surface area contributed by atoms with Crippen molar-refractivity contribution in [2.45, 2.75) is 169 Å². The lowest BCUT2D eigenvalue weighted by Crippen LogP contribution is -2.49. The van der Waals surface area contributed by atoms with Gasteiger partial charge in [-0.05, 0) is 139 Å². The minimum Gasteiger partial charge on any atom is -0.413 e. The summed E-state index contributed by atoms with van der Waals surface area (Å²) in [4.78, 5) is 13.9. The Kier molecular flexibility index (Phi) is 11.8. The fourth-order valence-electron chi connectivity index (χ4n) is 8.24. The minimum absolute atomic E-state index is 0.0122. The van der Waals surface area contributed by atoms with E-state index in [-0.39, 0.29) is 22.3 Å². The number of hydrogen-bond donors (Lipinski definition) is 0. The molecule has 3 aliphatic rings. The molecule has 264 valence electrons. The van der Waals surface area contributed by atoms with E-state index >= 15 is 0 Å². The van der Waals surface area contributed by atoms with Gasteiger partial charge in [-0.25, -0.2) is 0 Å². The SMILES string of the molecule is C=C1/C(=C\C=C2/CCC[C@]3(C)[C@@H]([C@H](C)CCC(=O)c4cc(C)cs4)CC[C@@H]23)C[C@@H](O[Si](C)(C)C(C)(C)C)C[C@@H]1O[Si](C)(C)C(C)(C)C. The Morgan fingerprint density at radius 1 is 1.06 bits per heavy atom. The fourth-order valence-corrected chi connectivity index (χ4v) is 11.8. The summed E-state index contributed by atoms with van der Waals surface area (Å²) in [6.07, 6.45) is 14.9. The molecule has 0 bridgehead atoms. The number of thiophene rings is 1. The monoisotopic (exact) mass is 696 g/mol. The number of rotatable bonds is 10. The highest BCUT2D eigenvalue weighted by molar-refractivity contribution is 7.12. The number of aryl methyl sites for hydroxylation is 1. The van der Waals surface area contributed by atoms with Crippen molar-refractivity contribution < 1.29 is 13.6 Å². The van der Waals surface area contributed by atoms with Gasteiger partial charge < -0.3 is 8.85 Å². The fraction of sp³-hybridized carbons (Fsp3) is 0.732. The van der Waals surface area contributed by atoms with Gasteiger partial charge in [0, 0.05) is 12.8 Å². The van der Waals surface area contributed by atoms with E-state index in [2.05, 4.69) is 119 Å². The Balaban J connectivity index is 1.54. The van der Waals surface area contributed by atoms with Crippen LogP contribution in [-0.2, 0) is 8.85 Å². The van der Waals surface area contributed by atoms with E-state index in [1.54, 1.807) is 16.9 Å². The molecule has 0 aromatic carbocycles. The van der Waals surface area contributed by atoms with Crippen molar-refractivity contribution in [2.75, 3.05) is 0 Å². The molecule has 6 heteroatoms. The van der Waals surface area contributed by atoms with Gasteiger partial charge in [-0.15, -0.1) is 11.3 Å². The number of ketones is 1. The van der Waals surface area contributed by atoms with E-state index in [0.717, 1.165) is 24.1 Å². The highest BCUT2D eigenvalue weighted by Gasteiger charge is 2.51. The highest BCUT2D eigenvalue weighted by atomic mass is 32.1. The number of allylic oxidation sites excluding steroid dienone is 3. The summed E-state index contributed by atoms with van der Waals surface area (Å²) < 4.78 is 14.2. The van der Waals surface area contributed by atoms with Gasteiger partial charge in [-0.3, -0.25) is 4.79 Å². The quantitative estimate of drug-likeness (QED) is 0.180. The highest BCUT2D eigenvalue weighted by Crippen LogP contribution is 2.60. The van der Waals surface area contributed by atoms with Crippen molar-refractivity contribution in [3.63, 3.8) is 0 Å². The van der Waals surface area contributed by atoms with Crippen molar-refractivity contribution in [2.24, 2.45) is 23.2 Å². The second kappa shape index (κ2) is 14.3. The maximum Gasteiger partial charge on any atom is 0.192 e. The zero-order valence-corrected chi connectivity index (χ0v) is 35.2. The molecule has 47 heavy (non-hydrogen) atoms. The van der Waals surface area contributed by atoms with E-state index in [0.29, 0.717) is 35.4 Å². The lowest BCUT2D eigenvalue weighted by molar-refractivity contribution is 0.0857. The first-order valence-corrected chi connectivity index (χ1v) is 25.3. The largest absolute Gasteiger partial charge is 0.413 e. The number of carbonyl (C=O) groups is 1. The van der Waals surface area contributed by atoms with Gasteiger partial charge >= 0.3 is 0 Å². The number of Topliss-reactive ketones (excluding diaryl/α,β-unsaturated/α-hetero) is 1. The third kappa shape index (κ3) is 8.64. The van der Waals surface area contributed by atoms with Gasteiger partial charge in [0.1, 0.15) is 0 Å². The lowest BCUT2D eigenvalue weighted by atomic mass is 9.60. The Bertz CT molecular complexity index is 1350. The van der Waals surface area contributed by atoms with Gasteiger partial charge in [-0.2, -0.15) is 0 Å². The standard InChI is InChI=1S/C41H68O3SSi2/c1-28-24-38(45-27-28)36(42)22-17-29(2)34-20-21-35-31(16-15-23-41(34,35)10)18-19-32-25-33(43-46(11,12)39(4,5)6)26-37(30(32)3)44-47(13,14)40(7,8)9/h18-19,24,27,29,33-35,37H,3,15-17,20-23,25-26H2,1-2,4-14H3/b31-18+,32-19-/t29-,33-,34-,35+,37+,41-/m1/s1. The van der Waals surface area contributed by atoms with E-state index in [4.69, 9.17) is 8.85 Å². The number of fused-ring (bicyclic) bond motifs is 1. The minimum atomic E-state index is -1.99. The molecule has 3 nitrogen and oxygen atoms in total. The van der Waals surface area contributed by atoms with Gasteiger partial charge in [0.15, 0.2) is 22.4 Å². The Labute approximate surface area is 295 Å². The normalized spacial score (nSPS) is 30.2. The van der Waals surface area contributed by atoms with E-state index in [1.165, 1.54) is 48.8 Å². The summed E-state index contributed by atoms with van der Waals surface area (Å²) in [5.74, 6) is 2.19. The van der Waals surface area contributed by atoms with Gasteiger partial charge in [0.2, 0.25) is 0 Å². The molecule has 1 aromatic heterocycles.